The van der Waals surface area contributed by atoms with Crippen molar-refractivity contribution in [1.29, 1.82) is 0 Å². The van der Waals surface area contributed by atoms with Crippen molar-refractivity contribution < 1.29 is 23.1 Å². The predicted octanol–water partition coefficient (Wildman–Crippen LogP) is 7.02. The van der Waals surface area contributed by atoms with Crippen molar-refractivity contribution in [2.24, 2.45) is 0 Å². The van der Waals surface area contributed by atoms with Crippen LogP contribution in [0.4, 0.5) is 13.2 Å². The summed E-state index contributed by atoms with van der Waals surface area (Å²) in [7, 11) is 0. The molecule has 0 amide bonds. The zero-order valence-corrected chi connectivity index (χ0v) is 16.8. The lowest BCUT2D eigenvalue weighted by atomic mass is 9.90. The molecule has 1 N–H and O–H groups in total. The lowest BCUT2D eigenvalue weighted by molar-refractivity contribution is -0.139. The number of aliphatic carboxylic acids is 1. The Morgan fingerprint density at radius 1 is 0.897 bits per heavy atom. The van der Waals surface area contributed by atoms with E-state index in [2.05, 4.69) is 24.3 Å². The molecular formula is C24H29F3O2. The molecule has 0 heterocycles. The van der Waals surface area contributed by atoms with Gasteiger partial charge >= 0.3 is 12.1 Å². The quantitative estimate of drug-likeness (QED) is 0.407. The fourth-order valence-electron chi connectivity index (χ4n) is 3.53. The Kier molecular flexibility index (Phi) is 8.74. The van der Waals surface area contributed by atoms with Crippen LogP contribution in [0.3, 0.4) is 0 Å². The Bertz CT molecular complexity index is 769. The van der Waals surface area contributed by atoms with Crippen molar-refractivity contribution in [3.63, 3.8) is 0 Å². The minimum absolute atomic E-state index is 0.273. The minimum atomic E-state index is -4.47. The van der Waals surface area contributed by atoms with Crippen LogP contribution >= 0.6 is 0 Å². The van der Waals surface area contributed by atoms with Gasteiger partial charge in [0.05, 0.1) is 11.5 Å². The van der Waals surface area contributed by atoms with Crippen LogP contribution in [0.15, 0.2) is 48.5 Å². The Morgan fingerprint density at radius 2 is 1.48 bits per heavy atom. The molecule has 29 heavy (non-hydrogen) atoms. The van der Waals surface area contributed by atoms with Gasteiger partial charge in [0, 0.05) is 0 Å². The predicted molar refractivity (Wildman–Crippen MR) is 109 cm³/mol. The number of carboxylic acids is 1. The highest BCUT2D eigenvalue weighted by Crippen LogP contribution is 2.33. The van der Waals surface area contributed by atoms with Gasteiger partial charge in [-0.2, -0.15) is 13.2 Å². The second-order valence-corrected chi connectivity index (χ2v) is 7.58. The molecule has 0 bridgehead atoms. The lowest BCUT2D eigenvalue weighted by Gasteiger charge is -2.16. The highest BCUT2D eigenvalue weighted by atomic mass is 19.4. The van der Waals surface area contributed by atoms with Gasteiger partial charge in [0.1, 0.15) is 0 Å². The maximum Gasteiger partial charge on any atom is 0.416 e. The van der Waals surface area contributed by atoms with Crippen LogP contribution in [0.1, 0.15) is 73.6 Å². The minimum Gasteiger partial charge on any atom is -0.481 e. The molecule has 2 aromatic rings. The normalized spacial score (nSPS) is 12.7. The summed E-state index contributed by atoms with van der Waals surface area (Å²) in [4.78, 5) is 11.3. The number of hydrogen-bond acceptors (Lipinski definition) is 1. The van der Waals surface area contributed by atoms with Gasteiger partial charge in [-0.3, -0.25) is 4.79 Å². The van der Waals surface area contributed by atoms with Crippen LogP contribution in [0, 0.1) is 0 Å². The first-order chi connectivity index (χ1) is 13.8. The number of unbranched alkanes of at least 4 members (excludes halogenated alkanes) is 5. The SMILES string of the molecule is CC(C(=O)O)c1cc(C(F)(F)F)ccc1CCCCCCCCc1ccccc1. The van der Waals surface area contributed by atoms with E-state index in [1.54, 1.807) is 0 Å². The van der Waals surface area contributed by atoms with Gasteiger partial charge in [0.25, 0.3) is 0 Å². The Hall–Kier alpha value is -2.30. The van der Waals surface area contributed by atoms with Gasteiger partial charge < -0.3 is 5.11 Å². The lowest BCUT2D eigenvalue weighted by Crippen LogP contribution is -2.13. The molecule has 2 nitrogen and oxygen atoms in total. The fourth-order valence-corrected chi connectivity index (χ4v) is 3.53. The number of halogens is 3. The molecule has 0 saturated heterocycles. The highest BCUT2D eigenvalue weighted by molar-refractivity contribution is 5.76. The summed E-state index contributed by atoms with van der Waals surface area (Å²) in [5, 5.41) is 9.25. The van der Waals surface area contributed by atoms with E-state index >= 15 is 0 Å². The van der Waals surface area contributed by atoms with Crippen LogP contribution in [0.5, 0.6) is 0 Å². The number of carbonyl (C=O) groups is 1. The van der Waals surface area contributed by atoms with Crippen molar-refractivity contribution >= 4 is 5.97 Å². The van der Waals surface area contributed by atoms with Gasteiger partial charge in [-0.05, 0) is 61.4 Å². The first-order valence-corrected chi connectivity index (χ1v) is 10.3. The van der Waals surface area contributed by atoms with Gasteiger partial charge in [0.2, 0.25) is 0 Å². The molecule has 158 valence electrons. The summed E-state index contributed by atoms with van der Waals surface area (Å²) in [5.41, 5.74) is 1.55. The smallest absolute Gasteiger partial charge is 0.416 e. The Labute approximate surface area is 170 Å². The third kappa shape index (κ3) is 7.56. The summed E-state index contributed by atoms with van der Waals surface area (Å²) < 4.78 is 38.9. The Balaban J connectivity index is 1.78. The summed E-state index contributed by atoms with van der Waals surface area (Å²) >= 11 is 0. The number of alkyl halides is 3. The first kappa shape index (κ1) is 23.0. The van der Waals surface area contributed by atoms with E-state index in [0.717, 1.165) is 57.1 Å². The van der Waals surface area contributed by atoms with Crippen LogP contribution < -0.4 is 0 Å². The number of aryl methyl sites for hydroxylation is 2. The summed E-state index contributed by atoms with van der Waals surface area (Å²) in [6, 6.07) is 13.9. The molecule has 0 spiro atoms. The number of rotatable bonds is 11. The summed E-state index contributed by atoms with van der Waals surface area (Å²) in [6.45, 7) is 1.44. The van der Waals surface area contributed by atoms with Crippen molar-refractivity contribution in [1.82, 2.24) is 0 Å². The zero-order chi connectivity index (χ0) is 21.3. The molecule has 0 aliphatic rings. The zero-order valence-electron chi connectivity index (χ0n) is 16.8. The molecular weight excluding hydrogens is 377 g/mol. The molecule has 1 unspecified atom stereocenters. The van der Waals surface area contributed by atoms with Gasteiger partial charge in [0.15, 0.2) is 0 Å². The van der Waals surface area contributed by atoms with Crippen LogP contribution in [0.2, 0.25) is 0 Å². The largest absolute Gasteiger partial charge is 0.481 e. The summed E-state index contributed by atoms with van der Waals surface area (Å²) in [5.74, 6) is -2.06. The standard InChI is InChI=1S/C24H29F3O2/c1-18(23(28)29)22-17-21(24(25,26)27)16-15-20(22)14-10-5-3-2-4-7-11-19-12-8-6-9-13-19/h6,8-9,12-13,15-18H,2-5,7,10-11,14H2,1H3,(H,28,29). The molecule has 5 heteroatoms. The number of benzene rings is 2. The topological polar surface area (TPSA) is 37.3 Å². The molecule has 2 aromatic carbocycles. The maximum absolute atomic E-state index is 13.0. The average Bonchev–Trinajstić information content (AvgIpc) is 2.69. The third-order valence-electron chi connectivity index (χ3n) is 5.31. The van der Waals surface area contributed by atoms with Crippen molar-refractivity contribution in [3.8, 4) is 0 Å². The molecule has 2 rings (SSSR count). The third-order valence-corrected chi connectivity index (χ3v) is 5.31. The van der Waals surface area contributed by atoms with Crippen LogP contribution in [-0.4, -0.2) is 11.1 Å². The second kappa shape index (κ2) is 11.0. The second-order valence-electron chi connectivity index (χ2n) is 7.58. The van der Waals surface area contributed by atoms with E-state index in [1.807, 2.05) is 6.07 Å². The Morgan fingerprint density at radius 3 is 2.07 bits per heavy atom. The number of carboxylic acid groups (broad SMARTS) is 1. The molecule has 1 atom stereocenters. The first-order valence-electron chi connectivity index (χ1n) is 10.3. The summed E-state index contributed by atoms with van der Waals surface area (Å²) in [6.07, 6.45) is 3.61. The maximum atomic E-state index is 13.0. The van der Waals surface area contributed by atoms with Gasteiger partial charge in [-0.1, -0.05) is 62.1 Å². The van der Waals surface area contributed by atoms with Crippen LogP contribution in [0.25, 0.3) is 0 Å². The van der Waals surface area contributed by atoms with Gasteiger partial charge in [-0.15, -0.1) is 0 Å². The molecule has 0 fully saturated rings. The van der Waals surface area contributed by atoms with Crippen molar-refractivity contribution in [2.75, 3.05) is 0 Å². The van der Waals surface area contributed by atoms with E-state index in [-0.39, 0.29) is 5.56 Å². The highest BCUT2D eigenvalue weighted by Gasteiger charge is 2.32. The average molecular weight is 406 g/mol. The number of hydrogen-bond donors (Lipinski definition) is 1. The van der Waals surface area contributed by atoms with E-state index in [9.17, 15) is 23.1 Å². The molecule has 0 radical (unpaired) electrons. The van der Waals surface area contributed by atoms with Crippen molar-refractivity contribution in [2.45, 2.75) is 70.4 Å². The van der Waals surface area contributed by atoms with Crippen LogP contribution in [-0.2, 0) is 23.8 Å². The molecule has 0 saturated carbocycles. The molecule has 0 aliphatic heterocycles. The molecule has 0 aromatic heterocycles. The van der Waals surface area contributed by atoms with E-state index in [1.165, 1.54) is 18.6 Å². The fraction of sp³-hybridized carbons (Fsp3) is 0.458. The van der Waals surface area contributed by atoms with E-state index in [4.69, 9.17) is 0 Å². The van der Waals surface area contributed by atoms with Gasteiger partial charge in [-0.25, -0.2) is 0 Å². The monoisotopic (exact) mass is 406 g/mol. The molecule has 0 aliphatic carbocycles. The van der Waals surface area contributed by atoms with E-state index in [0.29, 0.717) is 12.0 Å². The van der Waals surface area contributed by atoms with E-state index < -0.39 is 23.6 Å². The van der Waals surface area contributed by atoms with Crippen molar-refractivity contribution in [3.05, 3.63) is 70.8 Å².